The molecule has 0 saturated carbocycles. The van der Waals surface area contributed by atoms with E-state index in [1.54, 1.807) is 38.1 Å². The van der Waals surface area contributed by atoms with E-state index in [-0.39, 0.29) is 28.6 Å². The van der Waals surface area contributed by atoms with Crippen molar-refractivity contribution in [2.45, 2.75) is 46.1 Å². The molecule has 0 fully saturated rings. The van der Waals surface area contributed by atoms with Crippen molar-refractivity contribution >= 4 is 17.7 Å². The molecule has 2 aromatic rings. The van der Waals surface area contributed by atoms with Crippen LogP contribution in [0.15, 0.2) is 48.5 Å². The summed E-state index contributed by atoms with van der Waals surface area (Å²) in [6.07, 6.45) is 0. The average molecular weight is 412 g/mol. The van der Waals surface area contributed by atoms with Gasteiger partial charge in [-0.3, -0.25) is 25.2 Å². The predicted molar refractivity (Wildman–Crippen MR) is 115 cm³/mol. The number of carbonyl (C=O) groups excluding carboxylic acids is 3. The van der Waals surface area contributed by atoms with Crippen LogP contribution in [-0.4, -0.2) is 28.9 Å². The highest BCUT2D eigenvalue weighted by molar-refractivity contribution is 6.00. The molecule has 7 heteroatoms. The smallest absolute Gasteiger partial charge is 0.273 e. The third kappa shape index (κ3) is 5.83. The number of rotatable bonds is 5. The molecule has 4 N–H and O–H groups in total. The first-order valence-electron chi connectivity index (χ1n) is 9.80. The molecule has 0 aliphatic rings. The molecule has 7 nitrogen and oxygen atoms in total. The zero-order chi connectivity index (χ0) is 22.5. The van der Waals surface area contributed by atoms with Crippen LogP contribution in [0.2, 0.25) is 0 Å². The first kappa shape index (κ1) is 22.9. The van der Waals surface area contributed by atoms with E-state index in [1.165, 1.54) is 12.1 Å². The van der Waals surface area contributed by atoms with E-state index in [2.05, 4.69) is 36.9 Å². The zero-order valence-electron chi connectivity index (χ0n) is 17.9. The third-order valence-electron chi connectivity index (χ3n) is 4.70. The van der Waals surface area contributed by atoms with E-state index in [4.69, 9.17) is 0 Å². The summed E-state index contributed by atoms with van der Waals surface area (Å²) in [5, 5.41) is 12.4. The molecular weight excluding hydrogens is 382 g/mol. The minimum atomic E-state index is -0.857. The molecule has 3 amide bonds. The second-order valence-electron chi connectivity index (χ2n) is 8.48. The molecule has 0 unspecified atom stereocenters. The van der Waals surface area contributed by atoms with Gasteiger partial charge in [0.15, 0.2) is 0 Å². The summed E-state index contributed by atoms with van der Waals surface area (Å²) in [5.41, 5.74) is 6.12. The molecule has 0 heterocycles. The summed E-state index contributed by atoms with van der Waals surface area (Å²) in [5.74, 6) is -2.01. The van der Waals surface area contributed by atoms with Gasteiger partial charge in [0.05, 0.1) is 5.56 Å². The quantitative estimate of drug-likeness (QED) is 0.568. The van der Waals surface area contributed by atoms with Gasteiger partial charge in [0, 0.05) is 5.56 Å². The lowest BCUT2D eigenvalue weighted by atomic mass is 9.86. The summed E-state index contributed by atoms with van der Waals surface area (Å²) in [4.78, 5) is 37.3. The van der Waals surface area contributed by atoms with Crippen molar-refractivity contribution < 1.29 is 19.5 Å². The Hall–Kier alpha value is -3.35. The van der Waals surface area contributed by atoms with E-state index in [9.17, 15) is 19.5 Å². The number of hydrogen-bond donors (Lipinski definition) is 4. The minimum Gasteiger partial charge on any atom is -0.507 e. The standard InChI is InChI=1S/C23H29N3O4/c1-14(2)19(22(30)26-25-21(29)17-8-6-7-9-18(17)27)24-20(28)15-10-12-16(13-11-15)23(3,4)5/h6-14,19,27H,1-5H3,(H,24,28)(H,25,29)(H,26,30)/t19-/m0/s1. The lowest BCUT2D eigenvalue weighted by Crippen LogP contribution is -2.54. The Bertz CT molecular complexity index is 915. The van der Waals surface area contributed by atoms with Crippen LogP contribution in [0.25, 0.3) is 0 Å². The van der Waals surface area contributed by atoms with E-state index < -0.39 is 17.9 Å². The fourth-order valence-corrected chi connectivity index (χ4v) is 2.81. The molecule has 0 bridgehead atoms. The van der Waals surface area contributed by atoms with Crippen molar-refractivity contribution in [1.82, 2.24) is 16.2 Å². The van der Waals surface area contributed by atoms with Crippen LogP contribution in [-0.2, 0) is 10.2 Å². The Balaban J connectivity index is 2.02. The van der Waals surface area contributed by atoms with Crippen molar-refractivity contribution in [2.75, 3.05) is 0 Å². The molecular formula is C23H29N3O4. The van der Waals surface area contributed by atoms with E-state index >= 15 is 0 Å². The summed E-state index contributed by atoms with van der Waals surface area (Å²) >= 11 is 0. The number of amides is 3. The third-order valence-corrected chi connectivity index (χ3v) is 4.70. The molecule has 30 heavy (non-hydrogen) atoms. The maximum absolute atomic E-state index is 12.6. The fraction of sp³-hybridized carbons (Fsp3) is 0.348. The van der Waals surface area contributed by atoms with Crippen molar-refractivity contribution in [3.8, 4) is 5.75 Å². The van der Waals surface area contributed by atoms with Gasteiger partial charge in [0.25, 0.3) is 17.7 Å². The van der Waals surface area contributed by atoms with Gasteiger partial charge in [-0.1, -0.05) is 58.9 Å². The number of phenols is 1. The number of carbonyl (C=O) groups is 3. The lowest BCUT2D eigenvalue weighted by Gasteiger charge is -2.22. The van der Waals surface area contributed by atoms with Gasteiger partial charge >= 0.3 is 0 Å². The Morgan fingerprint density at radius 2 is 1.47 bits per heavy atom. The predicted octanol–water partition coefficient (Wildman–Crippen LogP) is 2.91. The summed E-state index contributed by atoms with van der Waals surface area (Å²) in [7, 11) is 0. The van der Waals surface area contributed by atoms with Crippen LogP contribution < -0.4 is 16.2 Å². The summed E-state index contributed by atoms with van der Waals surface area (Å²) < 4.78 is 0. The largest absolute Gasteiger partial charge is 0.507 e. The van der Waals surface area contributed by atoms with Gasteiger partial charge in [0.2, 0.25) is 0 Å². The molecule has 0 saturated heterocycles. The highest BCUT2D eigenvalue weighted by Gasteiger charge is 2.25. The first-order valence-corrected chi connectivity index (χ1v) is 9.80. The number of aromatic hydroxyl groups is 1. The van der Waals surface area contributed by atoms with Crippen molar-refractivity contribution in [1.29, 1.82) is 0 Å². The Morgan fingerprint density at radius 3 is 2.00 bits per heavy atom. The van der Waals surface area contributed by atoms with E-state index in [0.717, 1.165) is 5.56 Å². The number of hydrogen-bond acceptors (Lipinski definition) is 4. The molecule has 0 aromatic heterocycles. The normalized spacial score (nSPS) is 12.2. The molecule has 0 radical (unpaired) electrons. The lowest BCUT2D eigenvalue weighted by molar-refractivity contribution is -0.124. The average Bonchev–Trinajstić information content (AvgIpc) is 2.69. The van der Waals surface area contributed by atoms with E-state index in [1.807, 2.05) is 12.1 Å². The minimum absolute atomic E-state index is 0.0270. The van der Waals surface area contributed by atoms with E-state index in [0.29, 0.717) is 5.56 Å². The van der Waals surface area contributed by atoms with Crippen LogP contribution in [0, 0.1) is 5.92 Å². The van der Waals surface area contributed by atoms with Crippen molar-refractivity contribution in [2.24, 2.45) is 5.92 Å². The Labute approximate surface area is 176 Å². The van der Waals surface area contributed by atoms with Crippen LogP contribution in [0.4, 0.5) is 0 Å². The number of nitrogens with one attached hydrogen (secondary N) is 3. The maximum Gasteiger partial charge on any atom is 0.273 e. The van der Waals surface area contributed by atoms with Crippen molar-refractivity contribution in [3.05, 3.63) is 65.2 Å². The van der Waals surface area contributed by atoms with Crippen molar-refractivity contribution in [3.63, 3.8) is 0 Å². The van der Waals surface area contributed by atoms with Crippen LogP contribution in [0.5, 0.6) is 5.75 Å². The fourth-order valence-electron chi connectivity index (χ4n) is 2.81. The second-order valence-corrected chi connectivity index (χ2v) is 8.48. The number of hydrazine groups is 1. The molecule has 2 aromatic carbocycles. The monoisotopic (exact) mass is 411 g/mol. The second kappa shape index (κ2) is 9.43. The van der Waals surface area contributed by atoms with Gasteiger partial charge in [0.1, 0.15) is 11.8 Å². The maximum atomic E-state index is 12.6. The SMILES string of the molecule is CC(C)[C@H](NC(=O)c1ccc(C(C)(C)C)cc1)C(=O)NNC(=O)c1ccccc1O. The van der Waals surface area contributed by atoms with Gasteiger partial charge < -0.3 is 10.4 Å². The number of para-hydroxylation sites is 1. The Kier molecular flexibility index (Phi) is 7.21. The van der Waals surface area contributed by atoms with Gasteiger partial charge in [-0.2, -0.15) is 0 Å². The molecule has 1 atom stereocenters. The molecule has 0 aliphatic heterocycles. The van der Waals surface area contributed by atoms with Gasteiger partial charge in [-0.25, -0.2) is 0 Å². The van der Waals surface area contributed by atoms with Crippen LogP contribution >= 0.6 is 0 Å². The summed E-state index contributed by atoms with van der Waals surface area (Å²) in [6, 6.07) is 12.4. The molecule has 0 spiro atoms. The molecule has 0 aliphatic carbocycles. The molecule has 160 valence electrons. The Morgan fingerprint density at radius 1 is 0.867 bits per heavy atom. The van der Waals surface area contributed by atoms with Gasteiger partial charge in [-0.05, 0) is 41.2 Å². The van der Waals surface area contributed by atoms with Gasteiger partial charge in [-0.15, -0.1) is 0 Å². The zero-order valence-corrected chi connectivity index (χ0v) is 17.9. The van der Waals surface area contributed by atoms with Crippen LogP contribution in [0.3, 0.4) is 0 Å². The number of benzene rings is 2. The highest BCUT2D eigenvalue weighted by Crippen LogP contribution is 2.22. The first-order chi connectivity index (χ1) is 14.0. The summed E-state index contributed by atoms with van der Waals surface area (Å²) in [6.45, 7) is 9.84. The highest BCUT2D eigenvalue weighted by atomic mass is 16.3. The number of phenolic OH excluding ortho intramolecular Hbond substituents is 1. The topological polar surface area (TPSA) is 108 Å². The molecule has 2 rings (SSSR count). The van der Waals surface area contributed by atoms with Crippen LogP contribution in [0.1, 0.15) is 60.9 Å².